The minimum atomic E-state index is -1.09. The number of nitrogens with zero attached hydrogens (tertiary/aromatic N) is 7. The number of likely N-dealkylation sites (tertiary alicyclic amines) is 1. The molecule has 3 saturated heterocycles. The molecule has 3 aliphatic heterocycles. The largest absolute Gasteiger partial charge is 0.382 e. The van der Waals surface area contributed by atoms with E-state index in [1.807, 2.05) is 29.7 Å². The Bertz CT molecular complexity index is 1170. The van der Waals surface area contributed by atoms with Crippen molar-refractivity contribution < 1.29 is 13.9 Å². The van der Waals surface area contributed by atoms with Crippen molar-refractivity contribution in [3.05, 3.63) is 30.1 Å². The molecule has 0 bridgehead atoms. The van der Waals surface area contributed by atoms with Crippen molar-refractivity contribution in [2.75, 3.05) is 82.0 Å². The molecule has 3 aliphatic rings. The zero-order valence-corrected chi connectivity index (χ0v) is 24.7. The van der Waals surface area contributed by atoms with Gasteiger partial charge in [0.15, 0.2) is 0 Å². The number of likely N-dealkylation sites (N-methyl/N-ethyl adjacent to an activating group) is 1. The molecule has 5 heterocycles. The van der Waals surface area contributed by atoms with E-state index >= 15 is 0 Å². The summed E-state index contributed by atoms with van der Waals surface area (Å²) >= 11 is 0. The van der Waals surface area contributed by atoms with Gasteiger partial charge in [0.05, 0.1) is 23.9 Å². The highest BCUT2D eigenvalue weighted by molar-refractivity contribution is 6.00. The number of carbonyl (C=O) groups is 1. The molecule has 2 aromatic rings. The van der Waals surface area contributed by atoms with Gasteiger partial charge in [-0.25, -0.2) is 14.4 Å². The van der Waals surface area contributed by atoms with Crippen LogP contribution in [-0.2, 0) is 4.74 Å². The van der Waals surface area contributed by atoms with E-state index in [0.29, 0.717) is 42.2 Å². The maximum Gasteiger partial charge on any atom is 0.257 e. The molecule has 41 heavy (non-hydrogen) atoms. The summed E-state index contributed by atoms with van der Waals surface area (Å²) in [6.45, 7) is 10.8. The van der Waals surface area contributed by atoms with Gasteiger partial charge in [-0.2, -0.15) is 4.98 Å². The Kier molecular flexibility index (Phi) is 9.51. The number of piperidine rings is 2. The lowest BCUT2D eigenvalue weighted by Gasteiger charge is -2.42. The number of amides is 1. The molecule has 3 fully saturated rings. The number of piperazine rings is 1. The summed E-state index contributed by atoms with van der Waals surface area (Å²) in [7, 11) is 3.72. The Morgan fingerprint density at radius 1 is 1.05 bits per heavy atom. The Hall–Kier alpha value is -3.09. The van der Waals surface area contributed by atoms with Crippen molar-refractivity contribution >= 4 is 29.2 Å². The number of hydrogen-bond acceptors (Lipinski definition) is 10. The number of methoxy groups -OCH3 is 1. The van der Waals surface area contributed by atoms with Crippen LogP contribution in [0.15, 0.2) is 24.5 Å². The Morgan fingerprint density at radius 3 is 2.49 bits per heavy atom. The van der Waals surface area contributed by atoms with Gasteiger partial charge in [0, 0.05) is 83.5 Å². The number of aromatic nitrogens is 3. The highest BCUT2D eigenvalue weighted by Gasteiger charge is 2.31. The van der Waals surface area contributed by atoms with Crippen molar-refractivity contribution in [3.8, 4) is 0 Å². The van der Waals surface area contributed by atoms with E-state index in [0.717, 1.165) is 57.8 Å². The van der Waals surface area contributed by atoms with Crippen molar-refractivity contribution in [3.63, 3.8) is 0 Å². The molecule has 5 rings (SSSR count). The zero-order chi connectivity index (χ0) is 28.9. The van der Waals surface area contributed by atoms with Crippen molar-refractivity contribution in [1.29, 1.82) is 0 Å². The first kappa shape index (κ1) is 29.4. The Labute approximate surface area is 242 Å². The maximum atomic E-state index is 14.4. The topological polar surface area (TPSA) is 102 Å². The molecule has 224 valence electrons. The van der Waals surface area contributed by atoms with Crippen molar-refractivity contribution in [2.24, 2.45) is 0 Å². The van der Waals surface area contributed by atoms with Gasteiger partial charge in [-0.15, -0.1) is 0 Å². The van der Waals surface area contributed by atoms with Crippen LogP contribution in [0.1, 0.15) is 43.5 Å². The number of hydrogen-bond donors (Lipinski definition) is 2. The third kappa shape index (κ3) is 7.22. The van der Waals surface area contributed by atoms with E-state index in [9.17, 15) is 9.18 Å². The van der Waals surface area contributed by atoms with Gasteiger partial charge in [0.2, 0.25) is 5.95 Å². The summed E-state index contributed by atoms with van der Waals surface area (Å²) in [6, 6.07) is 4.28. The van der Waals surface area contributed by atoms with Crippen LogP contribution in [0, 0.1) is 0 Å². The SMILES string of the molecule is CO[C@H]1CCN(c2nccc(Nc3cc(NC(C)C)c(C(=O)N4CCC(N5CCN(C)CC5)CC4)cn3)n2)C[C@H]1F. The monoisotopic (exact) mass is 569 g/mol. The number of halogens is 1. The molecule has 0 aromatic carbocycles. The van der Waals surface area contributed by atoms with Crippen molar-refractivity contribution in [2.45, 2.75) is 57.5 Å². The predicted octanol–water partition coefficient (Wildman–Crippen LogP) is 2.85. The first-order valence-electron chi connectivity index (χ1n) is 14.8. The fourth-order valence-electron chi connectivity index (χ4n) is 5.95. The van der Waals surface area contributed by atoms with Gasteiger partial charge >= 0.3 is 0 Å². The standard InChI is InChI=1S/C29H44FN9O2/c1-20(2)33-24-17-27(34-26-5-9-31-29(35-26)39-12-8-25(41-4)23(30)19-39)32-18-22(24)28(40)38-10-6-21(7-11-38)37-15-13-36(3)14-16-37/h5,9,17-18,20-21,23,25H,6-8,10-16,19H2,1-4H3,(H2,31,32,33,34,35)/t23-,25+/m1/s1. The van der Waals surface area contributed by atoms with Crippen LogP contribution >= 0.6 is 0 Å². The molecule has 2 atom stereocenters. The summed E-state index contributed by atoms with van der Waals surface area (Å²) in [5.41, 5.74) is 1.31. The van der Waals surface area contributed by atoms with E-state index in [2.05, 4.69) is 42.4 Å². The number of carbonyl (C=O) groups excluding carboxylic acids is 1. The number of pyridine rings is 1. The van der Waals surface area contributed by atoms with Crippen LogP contribution in [-0.4, -0.2) is 126 Å². The molecular formula is C29H44FN9O2. The lowest BCUT2D eigenvalue weighted by atomic mass is 10.0. The van der Waals surface area contributed by atoms with Crippen LogP contribution < -0.4 is 15.5 Å². The van der Waals surface area contributed by atoms with Gasteiger partial charge in [-0.1, -0.05) is 0 Å². The number of rotatable bonds is 8. The van der Waals surface area contributed by atoms with Crippen LogP contribution in [0.4, 0.5) is 27.7 Å². The third-order valence-electron chi connectivity index (χ3n) is 8.35. The minimum absolute atomic E-state index is 0.00795. The lowest BCUT2D eigenvalue weighted by Crippen LogP contribution is -2.53. The molecule has 12 heteroatoms. The van der Waals surface area contributed by atoms with E-state index in [-0.39, 0.29) is 18.5 Å². The first-order valence-corrected chi connectivity index (χ1v) is 14.8. The molecular weight excluding hydrogens is 525 g/mol. The molecule has 0 unspecified atom stereocenters. The van der Waals surface area contributed by atoms with Crippen LogP contribution in [0.3, 0.4) is 0 Å². The quantitative estimate of drug-likeness (QED) is 0.494. The van der Waals surface area contributed by atoms with Crippen LogP contribution in [0.5, 0.6) is 0 Å². The van der Waals surface area contributed by atoms with E-state index in [4.69, 9.17) is 4.74 Å². The zero-order valence-electron chi connectivity index (χ0n) is 24.7. The van der Waals surface area contributed by atoms with Gasteiger partial charge in [-0.3, -0.25) is 9.69 Å². The average Bonchev–Trinajstić information content (AvgIpc) is 2.97. The number of anilines is 4. The lowest BCUT2D eigenvalue weighted by molar-refractivity contribution is 0.0194. The first-order chi connectivity index (χ1) is 19.8. The molecule has 0 spiro atoms. The molecule has 11 nitrogen and oxygen atoms in total. The molecule has 0 aliphatic carbocycles. The summed E-state index contributed by atoms with van der Waals surface area (Å²) < 4.78 is 19.7. The van der Waals surface area contributed by atoms with Gasteiger partial charge in [0.1, 0.15) is 17.8 Å². The molecule has 0 saturated carbocycles. The molecule has 0 radical (unpaired) electrons. The van der Waals surface area contributed by atoms with Crippen LogP contribution in [0.25, 0.3) is 0 Å². The van der Waals surface area contributed by atoms with E-state index < -0.39 is 12.3 Å². The highest BCUT2D eigenvalue weighted by Crippen LogP contribution is 2.27. The smallest absolute Gasteiger partial charge is 0.257 e. The number of alkyl halides is 1. The maximum absolute atomic E-state index is 14.4. The summed E-state index contributed by atoms with van der Waals surface area (Å²) in [5.74, 6) is 1.57. The van der Waals surface area contributed by atoms with Crippen LogP contribution in [0.2, 0.25) is 0 Å². The average molecular weight is 570 g/mol. The number of nitrogens with one attached hydrogen (secondary N) is 2. The third-order valence-corrected chi connectivity index (χ3v) is 8.35. The molecule has 2 N–H and O–H groups in total. The van der Waals surface area contributed by atoms with Gasteiger partial charge in [0.25, 0.3) is 5.91 Å². The number of ether oxygens (including phenoxy) is 1. The summed E-state index contributed by atoms with van der Waals surface area (Å²) in [6.07, 6.45) is 4.38. The normalized spacial score (nSPS) is 23.2. The van der Waals surface area contributed by atoms with E-state index in [1.54, 1.807) is 25.6 Å². The fourth-order valence-corrected chi connectivity index (χ4v) is 5.95. The van der Waals surface area contributed by atoms with Crippen molar-refractivity contribution in [1.82, 2.24) is 29.7 Å². The van der Waals surface area contributed by atoms with Gasteiger partial charge in [-0.05, 0) is 46.2 Å². The predicted molar refractivity (Wildman–Crippen MR) is 159 cm³/mol. The Morgan fingerprint density at radius 2 is 1.80 bits per heavy atom. The second-order valence-electron chi connectivity index (χ2n) is 11.7. The summed E-state index contributed by atoms with van der Waals surface area (Å²) in [4.78, 5) is 35.9. The fraction of sp³-hybridized carbons (Fsp3) is 0.655. The second kappa shape index (κ2) is 13.3. The van der Waals surface area contributed by atoms with Gasteiger partial charge < -0.3 is 30.1 Å². The highest BCUT2D eigenvalue weighted by atomic mass is 19.1. The van der Waals surface area contributed by atoms with E-state index in [1.165, 1.54) is 0 Å². The molecule has 2 aromatic heterocycles. The second-order valence-corrected chi connectivity index (χ2v) is 11.7. The molecule has 1 amide bonds. The minimum Gasteiger partial charge on any atom is -0.382 e. The Balaban J connectivity index is 1.25. The summed E-state index contributed by atoms with van der Waals surface area (Å²) in [5, 5.41) is 6.66.